The molecule has 0 aromatic heterocycles. The Morgan fingerprint density at radius 2 is 1.43 bits per heavy atom. The summed E-state index contributed by atoms with van der Waals surface area (Å²) in [6.07, 6.45) is 2.52. The van der Waals surface area contributed by atoms with Crippen LogP contribution in [0.4, 0.5) is 0 Å². The zero-order valence-corrected chi connectivity index (χ0v) is 13.3. The van der Waals surface area contributed by atoms with Crippen LogP contribution >= 0.6 is 0 Å². The van der Waals surface area contributed by atoms with Crippen molar-refractivity contribution in [1.82, 2.24) is 4.90 Å². The molecule has 3 rings (SSSR count). The zero-order chi connectivity index (χ0) is 16.1. The molecule has 1 aliphatic carbocycles. The molecule has 120 valence electrons. The summed E-state index contributed by atoms with van der Waals surface area (Å²) in [6.45, 7) is 1.74. The molecule has 0 radical (unpaired) electrons. The van der Waals surface area contributed by atoms with Crippen molar-refractivity contribution in [1.29, 1.82) is 0 Å². The maximum Gasteiger partial charge on any atom is 0.306 e. The highest BCUT2D eigenvalue weighted by Crippen LogP contribution is 2.31. The number of hydrogen-bond donors (Lipinski definition) is 1. The second-order valence-corrected chi connectivity index (χ2v) is 6.38. The average molecular weight is 309 g/mol. The van der Waals surface area contributed by atoms with Gasteiger partial charge in [0.2, 0.25) is 0 Å². The number of carbonyl (C=O) groups is 1. The van der Waals surface area contributed by atoms with E-state index in [9.17, 15) is 9.90 Å². The minimum absolute atomic E-state index is 0.186. The van der Waals surface area contributed by atoms with Crippen molar-refractivity contribution in [2.45, 2.75) is 38.4 Å². The van der Waals surface area contributed by atoms with E-state index in [4.69, 9.17) is 0 Å². The maximum absolute atomic E-state index is 11.3. The highest BCUT2D eigenvalue weighted by atomic mass is 16.4. The summed E-state index contributed by atoms with van der Waals surface area (Å²) in [5.41, 5.74) is 2.56. The van der Waals surface area contributed by atoms with Crippen LogP contribution in [0.3, 0.4) is 0 Å². The first kappa shape index (κ1) is 15.8. The van der Waals surface area contributed by atoms with Crippen molar-refractivity contribution < 1.29 is 9.90 Å². The van der Waals surface area contributed by atoms with E-state index >= 15 is 0 Å². The number of aliphatic carboxylic acids is 1. The fourth-order valence-corrected chi connectivity index (χ4v) is 3.46. The SMILES string of the molecule is O=C(O)C1CCC(N(Cc2ccccc2)Cc2ccccc2)C1. The van der Waals surface area contributed by atoms with E-state index < -0.39 is 5.97 Å². The molecule has 3 nitrogen and oxygen atoms in total. The fourth-order valence-electron chi connectivity index (χ4n) is 3.46. The predicted octanol–water partition coefficient (Wildman–Crippen LogP) is 3.94. The third-order valence-corrected chi connectivity index (χ3v) is 4.73. The Balaban J connectivity index is 1.74. The Kier molecular flexibility index (Phi) is 5.09. The minimum Gasteiger partial charge on any atom is -0.481 e. The monoisotopic (exact) mass is 309 g/mol. The molecule has 2 aromatic rings. The molecule has 2 unspecified atom stereocenters. The molecule has 0 aliphatic heterocycles. The van der Waals surface area contributed by atoms with Crippen LogP contribution in [0.1, 0.15) is 30.4 Å². The van der Waals surface area contributed by atoms with Gasteiger partial charge in [-0.3, -0.25) is 9.69 Å². The fraction of sp³-hybridized carbons (Fsp3) is 0.350. The molecule has 1 fully saturated rings. The van der Waals surface area contributed by atoms with Gasteiger partial charge >= 0.3 is 5.97 Å². The number of carboxylic acids is 1. The van der Waals surface area contributed by atoms with Gasteiger partial charge in [0.15, 0.2) is 0 Å². The van der Waals surface area contributed by atoms with Crippen LogP contribution < -0.4 is 0 Å². The molecule has 3 heteroatoms. The summed E-state index contributed by atoms with van der Waals surface area (Å²) in [6, 6.07) is 21.2. The summed E-state index contributed by atoms with van der Waals surface area (Å²) in [4.78, 5) is 13.7. The predicted molar refractivity (Wildman–Crippen MR) is 90.9 cm³/mol. The molecule has 1 N–H and O–H groups in total. The molecule has 2 aromatic carbocycles. The molecule has 23 heavy (non-hydrogen) atoms. The summed E-state index contributed by atoms with van der Waals surface area (Å²) < 4.78 is 0. The van der Waals surface area contributed by atoms with E-state index in [2.05, 4.69) is 53.4 Å². The highest BCUT2D eigenvalue weighted by Gasteiger charge is 2.33. The smallest absolute Gasteiger partial charge is 0.306 e. The molecule has 1 saturated carbocycles. The Morgan fingerprint density at radius 3 is 1.87 bits per heavy atom. The van der Waals surface area contributed by atoms with Crippen LogP contribution in [0.5, 0.6) is 0 Å². The topological polar surface area (TPSA) is 40.5 Å². The van der Waals surface area contributed by atoms with Crippen LogP contribution in [0, 0.1) is 5.92 Å². The van der Waals surface area contributed by atoms with Gasteiger partial charge in [0, 0.05) is 19.1 Å². The Hall–Kier alpha value is -2.13. The zero-order valence-electron chi connectivity index (χ0n) is 13.3. The molecule has 1 aliphatic rings. The van der Waals surface area contributed by atoms with E-state index in [1.807, 2.05) is 12.1 Å². The maximum atomic E-state index is 11.3. The van der Waals surface area contributed by atoms with Crippen molar-refractivity contribution in [3.8, 4) is 0 Å². The standard InChI is InChI=1S/C20H23NO2/c22-20(23)18-11-12-19(13-18)21(14-16-7-3-1-4-8-16)15-17-9-5-2-6-10-17/h1-10,18-19H,11-15H2,(H,22,23). The molecular formula is C20H23NO2. The normalized spacial score (nSPS) is 20.7. The third kappa shape index (κ3) is 4.20. The van der Waals surface area contributed by atoms with Gasteiger partial charge in [-0.15, -0.1) is 0 Å². The molecule has 0 spiro atoms. The van der Waals surface area contributed by atoms with Crippen molar-refractivity contribution in [3.63, 3.8) is 0 Å². The van der Waals surface area contributed by atoms with Crippen LogP contribution in [-0.2, 0) is 17.9 Å². The lowest BCUT2D eigenvalue weighted by molar-refractivity contribution is -0.141. The number of benzene rings is 2. The second kappa shape index (κ2) is 7.42. The number of hydrogen-bond acceptors (Lipinski definition) is 2. The number of carboxylic acid groups (broad SMARTS) is 1. The van der Waals surface area contributed by atoms with Gasteiger partial charge in [-0.2, -0.15) is 0 Å². The first-order chi connectivity index (χ1) is 11.2. The van der Waals surface area contributed by atoms with Gasteiger partial charge in [0.25, 0.3) is 0 Å². The van der Waals surface area contributed by atoms with E-state index in [-0.39, 0.29) is 5.92 Å². The van der Waals surface area contributed by atoms with E-state index in [1.165, 1.54) is 11.1 Å². The van der Waals surface area contributed by atoms with Crippen LogP contribution in [0.2, 0.25) is 0 Å². The Morgan fingerprint density at radius 1 is 0.913 bits per heavy atom. The average Bonchev–Trinajstić information content (AvgIpc) is 3.06. The van der Waals surface area contributed by atoms with Gasteiger partial charge in [0.05, 0.1) is 5.92 Å². The first-order valence-corrected chi connectivity index (χ1v) is 8.27. The van der Waals surface area contributed by atoms with Crippen LogP contribution in [0.25, 0.3) is 0 Å². The second-order valence-electron chi connectivity index (χ2n) is 6.38. The quantitative estimate of drug-likeness (QED) is 0.878. The number of nitrogens with zero attached hydrogens (tertiary/aromatic N) is 1. The summed E-state index contributed by atoms with van der Waals surface area (Å²) in [5.74, 6) is -0.832. The highest BCUT2D eigenvalue weighted by molar-refractivity contribution is 5.70. The van der Waals surface area contributed by atoms with Crippen molar-refractivity contribution in [2.75, 3.05) is 0 Å². The summed E-state index contributed by atoms with van der Waals surface area (Å²) in [5, 5.41) is 9.27. The van der Waals surface area contributed by atoms with Gasteiger partial charge < -0.3 is 5.11 Å². The summed E-state index contributed by atoms with van der Waals surface area (Å²) >= 11 is 0. The van der Waals surface area contributed by atoms with E-state index in [0.717, 1.165) is 32.4 Å². The Bertz CT molecular complexity index is 585. The van der Waals surface area contributed by atoms with Gasteiger partial charge in [-0.1, -0.05) is 60.7 Å². The van der Waals surface area contributed by atoms with Gasteiger partial charge in [0.1, 0.15) is 0 Å². The minimum atomic E-state index is -0.646. The lowest BCUT2D eigenvalue weighted by atomic mass is 10.1. The van der Waals surface area contributed by atoms with Crippen molar-refractivity contribution >= 4 is 5.97 Å². The Labute approximate surface area is 137 Å². The molecule has 2 atom stereocenters. The van der Waals surface area contributed by atoms with E-state index in [0.29, 0.717) is 6.04 Å². The van der Waals surface area contributed by atoms with Gasteiger partial charge in [-0.05, 0) is 30.4 Å². The van der Waals surface area contributed by atoms with Crippen molar-refractivity contribution in [3.05, 3.63) is 71.8 Å². The van der Waals surface area contributed by atoms with E-state index in [1.54, 1.807) is 0 Å². The molecule has 0 bridgehead atoms. The summed E-state index contributed by atoms with van der Waals surface area (Å²) in [7, 11) is 0. The number of rotatable bonds is 6. The largest absolute Gasteiger partial charge is 0.481 e. The molecule has 0 heterocycles. The van der Waals surface area contributed by atoms with Crippen molar-refractivity contribution in [2.24, 2.45) is 5.92 Å². The van der Waals surface area contributed by atoms with Crippen LogP contribution in [0.15, 0.2) is 60.7 Å². The molecular weight excluding hydrogens is 286 g/mol. The lowest BCUT2D eigenvalue weighted by Crippen LogP contribution is -2.33. The van der Waals surface area contributed by atoms with Gasteiger partial charge in [-0.25, -0.2) is 0 Å². The molecule has 0 amide bonds. The molecule has 0 saturated heterocycles. The third-order valence-electron chi connectivity index (χ3n) is 4.73. The van der Waals surface area contributed by atoms with Crippen LogP contribution in [-0.4, -0.2) is 22.0 Å². The lowest BCUT2D eigenvalue weighted by Gasteiger charge is -2.29. The first-order valence-electron chi connectivity index (χ1n) is 8.27.